The van der Waals surface area contributed by atoms with E-state index >= 15 is 0 Å². The smallest absolute Gasteiger partial charge is 0.244 e. The summed E-state index contributed by atoms with van der Waals surface area (Å²) in [5.74, 6) is 0.791. The molecule has 0 radical (unpaired) electrons. The molecule has 0 amide bonds. The van der Waals surface area contributed by atoms with Crippen LogP contribution in [0.3, 0.4) is 0 Å². The van der Waals surface area contributed by atoms with Crippen molar-refractivity contribution in [2.75, 3.05) is 6.54 Å². The minimum absolute atomic E-state index is 0.139. The van der Waals surface area contributed by atoms with E-state index in [-0.39, 0.29) is 11.9 Å². The van der Waals surface area contributed by atoms with E-state index in [9.17, 15) is 4.39 Å². The van der Waals surface area contributed by atoms with Crippen LogP contribution < -0.4 is 5.32 Å². The number of rotatable bonds is 2. The fourth-order valence-corrected chi connectivity index (χ4v) is 2.23. The number of halogens is 1. The third-order valence-electron chi connectivity index (χ3n) is 3.31. The molecule has 0 saturated carbocycles. The summed E-state index contributed by atoms with van der Waals surface area (Å²) < 4.78 is 18.7. The van der Waals surface area contributed by atoms with Crippen LogP contribution in [0.5, 0.6) is 0 Å². The summed E-state index contributed by atoms with van der Waals surface area (Å²) in [7, 11) is 0. The van der Waals surface area contributed by atoms with Crippen molar-refractivity contribution in [1.82, 2.24) is 15.5 Å². The molecule has 0 bridgehead atoms. The highest BCUT2D eigenvalue weighted by molar-refractivity contribution is 5.59. The van der Waals surface area contributed by atoms with Gasteiger partial charge in [-0.1, -0.05) is 17.3 Å². The number of benzene rings is 1. The van der Waals surface area contributed by atoms with E-state index in [1.807, 2.05) is 0 Å². The molecule has 1 aromatic heterocycles. The number of nitrogens with one attached hydrogen (secondary N) is 1. The molecule has 2 heterocycles. The van der Waals surface area contributed by atoms with Gasteiger partial charge in [0, 0.05) is 5.56 Å². The lowest BCUT2D eigenvalue weighted by molar-refractivity contribution is 0.345. The molecule has 1 aromatic carbocycles. The summed E-state index contributed by atoms with van der Waals surface area (Å²) >= 11 is 0. The van der Waals surface area contributed by atoms with Gasteiger partial charge in [0.1, 0.15) is 5.82 Å². The second-order valence-electron chi connectivity index (χ2n) is 4.52. The Kier molecular flexibility index (Phi) is 2.83. The molecular formula is C13H14FN3O. The highest BCUT2D eigenvalue weighted by atomic mass is 19.1. The summed E-state index contributed by atoms with van der Waals surface area (Å²) in [4.78, 5) is 4.36. The van der Waals surface area contributed by atoms with Gasteiger partial charge in [0.05, 0.1) is 6.04 Å². The standard InChI is InChI=1S/C13H14FN3O/c1-8-9(4-2-5-10(8)14)12-16-13(18-17-12)11-6-3-7-15-11/h2,4-5,11,15H,3,6-7H2,1H3/t11-/m0/s1. The zero-order chi connectivity index (χ0) is 12.5. The van der Waals surface area contributed by atoms with E-state index in [1.165, 1.54) is 6.07 Å². The Morgan fingerprint density at radius 3 is 3.11 bits per heavy atom. The molecule has 0 spiro atoms. The monoisotopic (exact) mass is 247 g/mol. The average molecular weight is 247 g/mol. The van der Waals surface area contributed by atoms with Crippen LogP contribution in [-0.4, -0.2) is 16.7 Å². The topological polar surface area (TPSA) is 51.0 Å². The van der Waals surface area contributed by atoms with Gasteiger partial charge in [-0.2, -0.15) is 4.98 Å². The maximum Gasteiger partial charge on any atom is 0.244 e. The zero-order valence-corrected chi connectivity index (χ0v) is 10.1. The summed E-state index contributed by atoms with van der Waals surface area (Å²) in [5.41, 5.74) is 1.23. The Bertz CT molecular complexity index is 561. The number of nitrogens with zero attached hydrogens (tertiary/aromatic N) is 2. The van der Waals surface area contributed by atoms with Crippen LogP contribution in [0.25, 0.3) is 11.4 Å². The minimum atomic E-state index is -0.252. The average Bonchev–Trinajstić information content (AvgIpc) is 3.01. The first-order chi connectivity index (χ1) is 8.75. The molecule has 1 aliphatic rings. The molecule has 1 aliphatic heterocycles. The van der Waals surface area contributed by atoms with Crippen molar-refractivity contribution < 1.29 is 8.91 Å². The number of aromatic nitrogens is 2. The Morgan fingerprint density at radius 1 is 1.44 bits per heavy atom. The first-order valence-corrected chi connectivity index (χ1v) is 6.08. The molecule has 1 fully saturated rings. The fourth-order valence-electron chi connectivity index (χ4n) is 2.23. The van der Waals surface area contributed by atoms with Crippen molar-refractivity contribution in [2.24, 2.45) is 0 Å². The third-order valence-corrected chi connectivity index (χ3v) is 3.31. The fraction of sp³-hybridized carbons (Fsp3) is 0.385. The maximum absolute atomic E-state index is 13.5. The van der Waals surface area contributed by atoms with Crippen LogP contribution in [0.15, 0.2) is 22.7 Å². The van der Waals surface area contributed by atoms with Gasteiger partial charge in [-0.15, -0.1) is 0 Å². The second-order valence-corrected chi connectivity index (χ2v) is 4.52. The van der Waals surface area contributed by atoms with E-state index < -0.39 is 0 Å². The van der Waals surface area contributed by atoms with Gasteiger partial charge in [-0.25, -0.2) is 4.39 Å². The van der Waals surface area contributed by atoms with Crippen LogP contribution >= 0.6 is 0 Å². The summed E-state index contributed by atoms with van der Waals surface area (Å²) in [6.45, 7) is 2.69. The van der Waals surface area contributed by atoms with Crippen molar-refractivity contribution in [2.45, 2.75) is 25.8 Å². The minimum Gasteiger partial charge on any atom is -0.337 e. The molecule has 18 heavy (non-hydrogen) atoms. The van der Waals surface area contributed by atoms with Crippen LogP contribution in [0, 0.1) is 12.7 Å². The summed E-state index contributed by atoms with van der Waals surface area (Å²) in [6, 6.07) is 5.02. The van der Waals surface area contributed by atoms with Crippen LogP contribution in [0.2, 0.25) is 0 Å². The van der Waals surface area contributed by atoms with Crippen LogP contribution in [-0.2, 0) is 0 Å². The molecule has 2 aromatic rings. The SMILES string of the molecule is Cc1c(F)cccc1-c1noc([C@@H]2CCCN2)n1. The summed E-state index contributed by atoms with van der Waals surface area (Å²) in [5, 5.41) is 7.23. The van der Waals surface area contributed by atoms with Crippen molar-refractivity contribution in [3.63, 3.8) is 0 Å². The predicted molar refractivity (Wildman–Crippen MR) is 64.4 cm³/mol. The predicted octanol–water partition coefficient (Wildman–Crippen LogP) is 2.61. The molecule has 94 valence electrons. The van der Waals surface area contributed by atoms with Gasteiger partial charge in [0.25, 0.3) is 0 Å². The van der Waals surface area contributed by atoms with Crippen molar-refractivity contribution in [3.05, 3.63) is 35.5 Å². The second kappa shape index (κ2) is 4.49. The largest absolute Gasteiger partial charge is 0.337 e. The highest BCUT2D eigenvalue weighted by Gasteiger charge is 2.23. The molecule has 0 aliphatic carbocycles. The summed E-state index contributed by atoms with van der Waals surface area (Å²) in [6.07, 6.45) is 2.12. The molecule has 3 rings (SSSR count). The van der Waals surface area contributed by atoms with E-state index in [2.05, 4.69) is 15.5 Å². The van der Waals surface area contributed by atoms with Gasteiger partial charge in [-0.05, 0) is 37.9 Å². The quantitative estimate of drug-likeness (QED) is 0.886. The first kappa shape index (κ1) is 11.3. The Hall–Kier alpha value is -1.75. The Labute approximate surface area is 104 Å². The van der Waals surface area contributed by atoms with Gasteiger partial charge >= 0.3 is 0 Å². The van der Waals surface area contributed by atoms with E-state index in [1.54, 1.807) is 19.1 Å². The lowest BCUT2D eigenvalue weighted by Gasteiger charge is -2.02. The molecular weight excluding hydrogens is 233 g/mol. The molecule has 1 N–H and O–H groups in total. The van der Waals surface area contributed by atoms with E-state index in [0.29, 0.717) is 22.8 Å². The molecule has 0 unspecified atom stereocenters. The first-order valence-electron chi connectivity index (χ1n) is 6.08. The highest BCUT2D eigenvalue weighted by Crippen LogP contribution is 2.26. The van der Waals surface area contributed by atoms with Crippen LogP contribution in [0.4, 0.5) is 4.39 Å². The van der Waals surface area contributed by atoms with Gasteiger partial charge in [0.2, 0.25) is 11.7 Å². The van der Waals surface area contributed by atoms with Crippen molar-refractivity contribution >= 4 is 0 Å². The number of hydrogen-bond acceptors (Lipinski definition) is 4. The van der Waals surface area contributed by atoms with Crippen LogP contribution in [0.1, 0.15) is 30.3 Å². The maximum atomic E-state index is 13.5. The van der Waals surface area contributed by atoms with E-state index in [4.69, 9.17) is 4.52 Å². The lowest BCUT2D eigenvalue weighted by Crippen LogP contribution is -2.12. The lowest BCUT2D eigenvalue weighted by atomic mass is 10.1. The van der Waals surface area contributed by atoms with Gasteiger partial charge in [-0.3, -0.25) is 0 Å². The van der Waals surface area contributed by atoms with Gasteiger partial charge < -0.3 is 9.84 Å². The molecule has 1 saturated heterocycles. The third kappa shape index (κ3) is 1.90. The van der Waals surface area contributed by atoms with Crippen molar-refractivity contribution in [1.29, 1.82) is 0 Å². The molecule has 4 nitrogen and oxygen atoms in total. The molecule has 5 heteroatoms. The molecule has 1 atom stereocenters. The normalized spacial score (nSPS) is 19.3. The van der Waals surface area contributed by atoms with Gasteiger partial charge in [0.15, 0.2) is 0 Å². The van der Waals surface area contributed by atoms with Crippen molar-refractivity contribution in [3.8, 4) is 11.4 Å². The van der Waals surface area contributed by atoms with E-state index in [0.717, 1.165) is 19.4 Å². The Morgan fingerprint density at radius 2 is 2.33 bits per heavy atom. The Balaban J connectivity index is 1.95. The zero-order valence-electron chi connectivity index (χ0n) is 10.1. The number of hydrogen-bond donors (Lipinski definition) is 1.